The normalized spacial score (nSPS) is 18.8. The van der Waals surface area contributed by atoms with Gasteiger partial charge >= 0.3 is 5.69 Å². The Hall–Kier alpha value is -1.23. The van der Waals surface area contributed by atoms with Crippen molar-refractivity contribution in [3.63, 3.8) is 0 Å². The smallest absolute Gasteiger partial charge is 0.304 e. The quantitative estimate of drug-likeness (QED) is 0.575. The number of nitrogens with one attached hydrogen (secondary N) is 2. The minimum atomic E-state index is -3.73. The minimum absolute atomic E-state index is 0.0518. The molecular formula is C11H17N3O5S2. The van der Waals surface area contributed by atoms with Crippen LogP contribution in [0, 0.1) is 16.0 Å². The zero-order valence-corrected chi connectivity index (χ0v) is 13.1. The molecular weight excluding hydrogens is 318 g/mol. The number of hydrogen-bond acceptors (Lipinski definition) is 7. The molecule has 2 N–H and O–H groups in total. The van der Waals surface area contributed by atoms with Gasteiger partial charge in [0, 0.05) is 25.8 Å². The fraction of sp³-hybridized carbons (Fsp3) is 0.636. The number of nitrogens with zero attached hydrogens (tertiary/aromatic N) is 1. The fourth-order valence-electron chi connectivity index (χ4n) is 1.96. The Morgan fingerprint density at radius 1 is 1.57 bits per heavy atom. The van der Waals surface area contributed by atoms with Crippen LogP contribution in [0.15, 0.2) is 10.3 Å². The molecule has 0 aliphatic carbocycles. The van der Waals surface area contributed by atoms with Crippen molar-refractivity contribution in [2.45, 2.75) is 17.6 Å². The van der Waals surface area contributed by atoms with Gasteiger partial charge in [0.2, 0.25) is 10.0 Å². The van der Waals surface area contributed by atoms with Gasteiger partial charge in [0.15, 0.2) is 5.00 Å². The average molecular weight is 335 g/mol. The van der Waals surface area contributed by atoms with Crippen molar-refractivity contribution >= 4 is 32.0 Å². The van der Waals surface area contributed by atoms with Crippen LogP contribution < -0.4 is 10.0 Å². The molecule has 2 rings (SSSR count). The molecule has 1 atom stereocenters. The summed E-state index contributed by atoms with van der Waals surface area (Å²) in [4.78, 5) is 10.4. The summed E-state index contributed by atoms with van der Waals surface area (Å²) < 4.78 is 32.0. The largest absolute Gasteiger partial charge is 0.381 e. The van der Waals surface area contributed by atoms with Crippen molar-refractivity contribution in [1.82, 2.24) is 4.72 Å². The highest BCUT2D eigenvalue weighted by molar-refractivity contribution is 7.91. The Bertz CT molecular complexity index is 607. The van der Waals surface area contributed by atoms with Crippen molar-refractivity contribution in [2.75, 3.05) is 31.6 Å². The molecule has 0 bridgehead atoms. The summed E-state index contributed by atoms with van der Waals surface area (Å²) in [6.07, 6.45) is 0.815. The van der Waals surface area contributed by atoms with E-state index in [0.29, 0.717) is 19.8 Å². The first-order chi connectivity index (χ1) is 9.94. The first-order valence-electron chi connectivity index (χ1n) is 6.53. The highest BCUT2D eigenvalue weighted by Gasteiger charge is 2.27. The molecule has 1 aromatic heterocycles. The Kier molecular flexibility index (Phi) is 5.14. The zero-order chi connectivity index (χ0) is 15.5. The lowest BCUT2D eigenvalue weighted by Crippen LogP contribution is -2.29. The Morgan fingerprint density at radius 2 is 2.33 bits per heavy atom. The topological polar surface area (TPSA) is 111 Å². The molecule has 0 aromatic carbocycles. The second-order valence-corrected chi connectivity index (χ2v) is 7.69. The maximum absolute atomic E-state index is 12.2. The van der Waals surface area contributed by atoms with Crippen LogP contribution in [0.1, 0.15) is 13.3 Å². The SMILES string of the molecule is CCNc1sc(S(=O)(=O)NCC2CCOC2)cc1[N+](=O)[O-]. The van der Waals surface area contributed by atoms with Crippen molar-refractivity contribution in [3.8, 4) is 0 Å². The molecule has 1 aromatic rings. The molecule has 8 nitrogen and oxygen atoms in total. The molecule has 2 heterocycles. The highest BCUT2D eigenvalue weighted by Crippen LogP contribution is 2.36. The van der Waals surface area contributed by atoms with E-state index in [1.807, 2.05) is 0 Å². The predicted molar refractivity (Wildman–Crippen MR) is 79.3 cm³/mol. The molecule has 1 saturated heterocycles. The lowest BCUT2D eigenvalue weighted by molar-refractivity contribution is -0.383. The summed E-state index contributed by atoms with van der Waals surface area (Å²) in [6, 6.07) is 1.09. The molecule has 118 valence electrons. The van der Waals surface area contributed by atoms with Crippen molar-refractivity contribution in [3.05, 3.63) is 16.2 Å². The lowest BCUT2D eigenvalue weighted by Gasteiger charge is -2.08. The summed E-state index contributed by atoms with van der Waals surface area (Å²) in [5, 5.41) is 14.0. The monoisotopic (exact) mass is 335 g/mol. The lowest BCUT2D eigenvalue weighted by atomic mass is 10.1. The van der Waals surface area contributed by atoms with E-state index in [2.05, 4.69) is 10.0 Å². The molecule has 0 spiro atoms. The third-order valence-electron chi connectivity index (χ3n) is 3.07. The number of sulfonamides is 1. The Balaban J connectivity index is 2.14. The molecule has 10 heteroatoms. The number of thiophene rings is 1. The van der Waals surface area contributed by atoms with Gasteiger partial charge in [-0.1, -0.05) is 11.3 Å². The number of ether oxygens (including phenoxy) is 1. The van der Waals surface area contributed by atoms with E-state index < -0.39 is 14.9 Å². The third-order valence-corrected chi connectivity index (χ3v) is 6.05. The molecule has 1 aliphatic heterocycles. The van der Waals surface area contributed by atoms with Gasteiger partial charge in [0.05, 0.1) is 11.5 Å². The van der Waals surface area contributed by atoms with E-state index in [1.165, 1.54) is 0 Å². The van der Waals surface area contributed by atoms with Gasteiger partial charge in [-0.05, 0) is 19.3 Å². The zero-order valence-electron chi connectivity index (χ0n) is 11.5. The van der Waals surface area contributed by atoms with E-state index in [9.17, 15) is 18.5 Å². The van der Waals surface area contributed by atoms with Crippen molar-refractivity contribution in [2.24, 2.45) is 5.92 Å². The van der Waals surface area contributed by atoms with Gasteiger partial charge in [-0.2, -0.15) is 0 Å². The van der Waals surface area contributed by atoms with Gasteiger partial charge in [-0.25, -0.2) is 13.1 Å². The van der Waals surface area contributed by atoms with Crippen LogP contribution in [0.4, 0.5) is 10.7 Å². The third kappa shape index (κ3) is 3.90. The molecule has 21 heavy (non-hydrogen) atoms. The molecule has 0 radical (unpaired) electrons. The predicted octanol–water partition coefficient (Wildman–Crippen LogP) is 1.40. The van der Waals surface area contributed by atoms with Crippen LogP contribution in [0.3, 0.4) is 0 Å². The van der Waals surface area contributed by atoms with Crippen molar-refractivity contribution in [1.29, 1.82) is 0 Å². The second-order valence-electron chi connectivity index (χ2n) is 4.65. The van der Waals surface area contributed by atoms with E-state index in [4.69, 9.17) is 4.74 Å². The summed E-state index contributed by atoms with van der Waals surface area (Å²) in [7, 11) is -3.73. The van der Waals surface area contributed by atoms with Crippen molar-refractivity contribution < 1.29 is 18.1 Å². The number of anilines is 1. The van der Waals surface area contributed by atoms with Crippen LogP contribution >= 0.6 is 11.3 Å². The second kappa shape index (κ2) is 6.69. The Labute approximate surface area is 126 Å². The first kappa shape index (κ1) is 16.1. The first-order valence-corrected chi connectivity index (χ1v) is 8.83. The van der Waals surface area contributed by atoms with Gasteiger partial charge in [0.25, 0.3) is 0 Å². The minimum Gasteiger partial charge on any atom is -0.381 e. The van der Waals surface area contributed by atoms with Crippen LogP contribution in [-0.2, 0) is 14.8 Å². The molecule has 0 saturated carbocycles. The number of hydrogen-bond donors (Lipinski definition) is 2. The van der Waals surface area contributed by atoms with Gasteiger partial charge in [0.1, 0.15) is 4.21 Å². The standard InChI is InChI=1S/C11H17N3O5S2/c1-2-12-11-9(14(15)16)5-10(20-11)21(17,18)13-6-8-3-4-19-7-8/h5,8,12-13H,2-4,6-7H2,1H3. The molecule has 1 fully saturated rings. The maximum atomic E-state index is 12.2. The summed E-state index contributed by atoms with van der Waals surface area (Å²) in [6.45, 7) is 3.73. The Morgan fingerprint density at radius 3 is 2.90 bits per heavy atom. The molecule has 1 aliphatic rings. The number of nitro groups is 1. The summed E-state index contributed by atoms with van der Waals surface area (Å²) in [5.74, 6) is 0.156. The molecule has 1 unspecified atom stereocenters. The van der Waals surface area contributed by atoms with Gasteiger partial charge in [-0.15, -0.1) is 0 Å². The summed E-state index contributed by atoms with van der Waals surface area (Å²) in [5.41, 5.74) is -0.216. The fourth-order valence-corrected chi connectivity index (χ4v) is 4.51. The van der Waals surface area contributed by atoms with E-state index in [0.717, 1.165) is 23.8 Å². The average Bonchev–Trinajstić information content (AvgIpc) is 3.06. The van der Waals surface area contributed by atoms with Gasteiger partial charge < -0.3 is 10.1 Å². The van der Waals surface area contributed by atoms with Crippen LogP contribution in [0.2, 0.25) is 0 Å². The van der Waals surface area contributed by atoms with Crippen LogP contribution in [0.5, 0.6) is 0 Å². The van der Waals surface area contributed by atoms with E-state index >= 15 is 0 Å². The molecule has 0 amide bonds. The van der Waals surface area contributed by atoms with Crippen LogP contribution in [-0.4, -0.2) is 39.6 Å². The maximum Gasteiger partial charge on any atom is 0.304 e. The van der Waals surface area contributed by atoms with Crippen LogP contribution in [0.25, 0.3) is 0 Å². The number of rotatable bonds is 7. The van der Waals surface area contributed by atoms with Gasteiger partial charge in [-0.3, -0.25) is 10.1 Å². The summed E-state index contributed by atoms with van der Waals surface area (Å²) >= 11 is 0.867. The van der Waals surface area contributed by atoms with E-state index in [1.54, 1.807) is 6.92 Å². The van der Waals surface area contributed by atoms with E-state index in [-0.39, 0.29) is 27.4 Å². The highest BCUT2D eigenvalue weighted by atomic mass is 32.2.